The van der Waals surface area contributed by atoms with E-state index in [1.54, 1.807) is 54.4 Å². The molecule has 0 aliphatic rings. The number of carbonyl (C=O) groups excluding carboxylic acids is 2. The van der Waals surface area contributed by atoms with Gasteiger partial charge in [0, 0.05) is 25.5 Å². The van der Waals surface area contributed by atoms with Crippen LogP contribution in [0.3, 0.4) is 0 Å². The molecule has 140 valence electrons. The number of pyridine rings is 2. The Morgan fingerprint density at radius 3 is 2.75 bits per heavy atom. The van der Waals surface area contributed by atoms with Gasteiger partial charge in [-0.3, -0.25) is 19.4 Å². The predicted octanol–water partition coefficient (Wildman–Crippen LogP) is 1.62. The number of carbonyl (C=O) groups is 2. The van der Waals surface area contributed by atoms with Gasteiger partial charge in [0.2, 0.25) is 0 Å². The maximum absolute atomic E-state index is 13.5. The number of hydrogen-bond donors (Lipinski definition) is 0. The van der Waals surface area contributed by atoms with Gasteiger partial charge in [-0.2, -0.15) is 10.2 Å². The van der Waals surface area contributed by atoms with Crippen LogP contribution in [0, 0.1) is 0 Å². The molecule has 4 aromatic rings. The first kappa shape index (κ1) is 17.3. The number of hydrogen-bond acceptors (Lipinski definition) is 7. The molecule has 0 aliphatic heterocycles. The molecule has 0 N–H and O–H groups in total. The van der Waals surface area contributed by atoms with E-state index in [2.05, 4.69) is 20.2 Å². The molecule has 4 heterocycles. The largest absolute Gasteiger partial charge is 0.465 e. The lowest BCUT2D eigenvalue weighted by atomic mass is 10.2. The monoisotopic (exact) mass is 377 g/mol. The number of anilines is 2. The van der Waals surface area contributed by atoms with Crippen LogP contribution in [-0.2, 0) is 11.8 Å². The van der Waals surface area contributed by atoms with Crippen molar-refractivity contribution in [2.45, 2.75) is 0 Å². The summed E-state index contributed by atoms with van der Waals surface area (Å²) in [6, 6.07) is 6.90. The topological polar surface area (TPSA) is 108 Å². The molecule has 0 bridgehead atoms. The highest BCUT2D eigenvalue weighted by Gasteiger charge is 2.29. The normalized spacial score (nSPS) is 10.8. The molecule has 1 amide bonds. The molecule has 0 radical (unpaired) electrons. The lowest BCUT2D eigenvalue weighted by Gasteiger charge is -2.23. The molecular formula is C18H15N7O3. The Balaban J connectivity index is 1.88. The molecule has 0 unspecified atom stereocenters. The molecule has 0 spiro atoms. The molecule has 0 atom stereocenters. The molecule has 10 nitrogen and oxygen atoms in total. The fourth-order valence-electron chi connectivity index (χ4n) is 2.87. The Labute approximate surface area is 159 Å². The van der Waals surface area contributed by atoms with Crippen molar-refractivity contribution in [1.82, 2.24) is 29.4 Å². The van der Waals surface area contributed by atoms with Crippen LogP contribution in [-0.4, -0.2) is 48.3 Å². The number of rotatable bonds is 4. The highest BCUT2D eigenvalue weighted by Crippen LogP contribution is 2.28. The number of methoxy groups -OCH3 is 1. The van der Waals surface area contributed by atoms with Crippen LogP contribution in [0.2, 0.25) is 0 Å². The summed E-state index contributed by atoms with van der Waals surface area (Å²) in [5.41, 5.74) is 1.80. The van der Waals surface area contributed by atoms with E-state index in [9.17, 15) is 9.59 Å². The first-order valence-corrected chi connectivity index (χ1v) is 8.24. The zero-order valence-electron chi connectivity index (χ0n) is 15.1. The fraction of sp³-hybridized carbons (Fsp3) is 0.111. The van der Waals surface area contributed by atoms with E-state index in [1.165, 1.54) is 29.2 Å². The third kappa shape index (κ3) is 2.86. The molecule has 4 aromatic heterocycles. The maximum Gasteiger partial charge on any atom is 0.341 e. The average Bonchev–Trinajstić information content (AvgIpc) is 3.34. The van der Waals surface area contributed by atoms with Crippen molar-refractivity contribution in [3.8, 4) is 0 Å². The second-order valence-electron chi connectivity index (χ2n) is 5.82. The van der Waals surface area contributed by atoms with E-state index in [0.29, 0.717) is 17.0 Å². The van der Waals surface area contributed by atoms with Crippen molar-refractivity contribution in [3.63, 3.8) is 0 Å². The predicted molar refractivity (Wildman–Crippen MR) is 98.2 cm³/mol. The summed E-state index contributed by atoms with van der Waals surface area (Å²) in [6.07, 6.45) is 7.59. The first-order valence-electron chi connectivity index (χ1n) is 8.24. The standard InChI is InChI=1S/C18H15N7O3/c1-23-16(14(10-21-23)18(27)28-2)17(26)25(13-4-3-6-19-9-13)12-5-7-24-15(8-12)20-11-22-24/h3-11H,1-2H3. The van der Waals surface area contributed by atoms with Crippen LogP contribution in [0.4, 0.5) is 11.4 Å². The van der Waals surface area contributed by atoms with Crippen LogP contribution in [0.1, 0.15) is 20.8 Å². The van der Waals surface area contributed by atoms with Gasteiger partial charge in [0.1, 0.15) is 17.6 Å². The number of amides is 1. The average molecular weight is 377 g/mol. The van der Waals surface area contributed by atoms with Crippen LogP contribution in [0.5, 0.6) is 0 Å². The van der Waals surface area contributed by atoms with E-state index in [1.807, 2.05) is 0 Å². The van der Waals surface area contributed by atoms with Crippen molar-refractivity contribution in [2.75, 3.05) is 12.0 Å². The molecule has 0 saturated carbocycles. The van der Waals surface area contributed by atoms with Gasteiger partial charge in [-0.05, 0) is 18.2 Å². The van der Waals surface area contributed by atoms with E-state index < -0.39 is 11.9 Å². The van der Waals surface area contributed by atoms with Crippen molar-refractivity contribution in [1.29, 1.82) is 0 Å². The minimum absolute atomic E-state index is 0.0763. The Kier molecular flexibility index (Phi) is 4.28. The minimum atomic E-state index is -0.643. The third-order valence-corrected chi connectivity index (χ3v) is 4.18. The summed E-state index contributed by atoms with van der Waals surface area (Å²) in [5, 5.41) is 8.11. The highest BCUT2D eigenvalue weighted by atomic mass is 16.5. The van der Waals surface area contributed by atoms with Gasteiger partial charge in [-0.15, -0.1) is 0 Å². The Hall–Kier alpha value is -4.08. The van der Waals surface area contributed by atoms with E-state index in [4.69, 9.17) is 4.74 Å². The van der Waals surface area contributed by atoms with Gasteiger partial charge in [-0.25, -0.2) is 14.3 Å². The van der Waals surface area contributed by atoms with Crippen LogP contribution in [0.25, 0.3) is 5.65 Å². The first-order chi connectivity index (χ1) is 13.6. The van der Waals surface area contributed by atoms with Gasteiger partial charge in [0.05, 0.1) is 30.9 Å². The SMILES string of the molecule is COC(=O)c1cnn(C)c1C(=O)N(c1cccnc1)c1ccn2ncnc2c1. The van der Waals surface area contributed by atoms with Gasteiger partial charge in [-0.1, -0.05) is 0 Å². The van der Waals surface area contributed by atoms with Crippen molar-refractivity contribution < 1.29 is 14.3 Å². The lowest BCUT2D eigenvalue weighted by molar-refractivity contribution is 0.0596. The number of ether oxygens (including phenoxy) is 1. The lowest BCUT2D eigenvalue weighted by Crippen LogP contribution is -2.29. The molecular weight excluding hydrogens is 362 g/mol. The molecule has 0 aromatic carbocycles. The number of esters is 1. The number of aryl methyl sites for hydroxylation is 1. The highest BCUT2D eigenvalue weighted by molar-refractivity contribution is 6.14. The van der Waals surface area contributed by atoms with Crippen LogP contribution >= 0.6 is 0 Å². The van der Waals surface area contributed by atoms with E-state index in [0.717, 1.165) is 0 Å². The molecule has 0 fully saturated rings. The number of fused-ring (bicyclic) bond motifs is 1. The van der Waals surface area contributed by atoms with Crippen molar-refractivity contribution in [2.24, 2.45) is 7.05 Å². The number of aromatic nitrogens is 6. The number of nitrogens with zero attached hydrogens (tertiary/aromatic N) is 7. The fourth-order valence-corrected chi connectivity index (χ4v) is 2.87. The summed E-state index contributed by atoms with van der Waals surface area (Å²) in [4.78, 5) is 35.3. The van der Waals surface area contributed by atoms with E-state index >= 15 is 0 Å². The van der Waals surface area contributed by atoms with Gasteiger partial charge >= 0.3 is 5.97 Å². The second-order valence-corrected chi connectivity index (χ2v) is 5.82. The quantitative estimate of drug-likeness (QED) is 0.497. The zero-order chi connectivity index (χ0) is 19.7. The summed E-state index contributed by atoms with van der Waals surface area (Å²) < 4.78 is 7.71. The molecule has 0 saturated heterocycles. The van der Waals surface area contributed by atoms with E-state index in [-0.39, 0.29) is 11.3 Å². The van der Waals surface area contributed by atoms with Crippen LogP contribution in [0.15, 0.2) is 55.4 Å². The molecule has 28 heavy (non-hydrogen) atoms. The van der Waals surface area contributed by atoms with Crippen molar-refractivity contribution >= 4 is 28.9 Å². The summed E-state index contributed by atoms with van der Waals surface area (Å²) >= 11 is 0. The van der Waals surface area contributed by atoms with Gasteiger partial charge in [0.15, 0.2) is 5.65 Å². The minimum Gasteiger partial charge on any atom is -0.465 e. The Morgan fingerprint density at radius 1 is 1.14 bits per heavy atom. The molecule has 0 aliphatic carbocycles. The van der Waals surface area contributed by atoms with Gasteiger partial charge in [0.25, 0.3) is 5.91 Å². The third-order valence-electron chi connectivity index (χ3n) is 4.18. The van der Waals surface area contributed by atoms with Crippen LogP contribution < -0.4 is 4.90 Å². The molecule has 10 heteroatoms. The summed E-state index contributed by atoms with van der Waals surface area (Å²) in [6.45, 7) is 0. The molecule has 4 rings (SSSR count). The van der Waals surface area contributed by atoms with Gasteiger partial charge < -0.3 is 4.74 Å². The zero-order valence-corrected chi connectivity index (χ0v) is 15.1. The Bertz CT molecular complexity index is 1170. The summed E-state index contributed by atoms with van der Waals surface area (Å²) in [7, 11) is 2.84. The summed E-state index contributed by atoms with van der Waals surface area (Å²) in [5.74, 6) is -1.10. The second kappa shape index (κ2) is 6.91. The van der Waals surface area contributed by atoms with Crippen molar-refractivity contribution in [3.05, 3.63) is 66.6 Å². The Morgan fingerprint density at radius 2 is 2.00 bits per heavy atom. The maximum atomic E-state index is 13.5. The smallest absolute Gasteiger partial charge is 0.341 e.